The molecule has 1 aromatic carbocycles. The first kappa shape index (κ1) is 18.9. The molecule has 1 atom stereocenters. The highest BCUT2D eigenvalue weighted by molar-refractivity contribution is 5.76. The summed E-state index contributed by atoms with van der Waals surface area (Å²) in [4.78, 5) is 17.2. The lowest BCUT2D eigenvalue weighted by Crippen LogP contribution is -2.47. The van der Waals surface area contributed by atoms with Crippen LogP contribution in [0.5, 0.6) is 0 Å². The number of likely N-dealkylation sites (tertiary alicyclic amines) is 2. The molecule has 2 saturated heterocycles. The van der Waals surface area contributed by atoms with Gasteiger partial charge in [0.05, 0.1) is 6.61 Å². The third kappa shape index (κ3) is 4.72. The van der Waals surface area contributed by atoms with E-state index in [-0.39, 0.29) is 0 Å². The molecule has 1 aromatic rings. The van der Waals surface area contributed by atoms with Crippen molar-refractivity contribution in [3.63, 3.8) is 0 Å². The number of carbonyl (C=O) groups excluding carboxylic acids is 1. The van der Waals surface area contributed by atoms with Crippen LogP contribution in [-0.2, 0) is 16.0 Å². The summed E-state index contributed by atoms with van der Waals surface area (Å²) >= 11 is 0. The lowest BCUT2D eigenvalue weighted by Gasteiger charge is -2.42. The number of piperidine rings is 1. The number of nitrogens with zero attached hydrogens (tertiary/aromatic N) is 2. The molecule has 1 unspecified atom stereocenters. The first-order valence-electron chi connectivity index (χ1n) is 10.7. The Balaban J connectivity index is 1.26. The van der Waals surface area contributed by atoms with Crippen molar-refractivity contribution in [2.24, 2.45) is 17.3 Å². The molecule has 2 aliphatic heterocycles. The van der Waals surface area contributed by atoms with Gasteiger partial charge in [-0.15, -0.1) is 0 Å². The molecule has 0 radical (unpaired) electrons. The summed E-state index contributed by atoms with van der Waals surface area (Å²) in [5, 5.41) is 0. The molecule has 0 N–H and O–H groups in total. The van der Waals surface area contributed by atoms with E-state index < -0.39 is 0 Å². The largest absolute Gasteiger partial charge is 0.381 e. The minimum atomic E-state index is 0.321. The molecule has 3 fully saturated rings. The maximum absolute atomic E-state index is 12.7. The Morgan fingerprint density at radius 2 is 1.89 bits per heavy atom. The fourth-order valence-corrected chi connectivity index (χ4v) is 5.01. The highest BCUT2D eigenvalue weighted by atomic mass is 16.5. The van der Waals surface area contributed by atoms with E-state index in [4.69, 9.17) is 4.74 Å². The highest BCUT2D eigenvalue weighted by Gasteiger charge is 2.47. The van der Waals surface area contributed by atoms with Crippen LogP contribution >= 0.6 is 0 Å². The van der Waals surface area contributed by atoms with Gasteiger partial charge in [-0.2, -0.15) is 0 Å². The Hall–Kier alpha value is -1.39. The fraction of sp³-hybridized carbons (Fsp3) is 0.696. The van der Waals surface area contributed by atoms with Crippen molar-refractivity contribution >= 4 is 5.91 Å². The molecule has 1 saturated carbocycles. The topological polar surface area (TPSA) is 32.8 Å². The number of aryl methyl sites for hydroxylation is 1. The molecule has 1 aliphatic carbocycles. The predicted octanol–water partition coefficient (Wildman–Crippen LogP) is 3.22. The van der Waals surface area contributed by atoms with Crippen molar-refractivity contribution in [3.05, 3.63) is 35.9 Å². The van der Waals surface area contributed by atoms with Gasteiger partial charge in [-0.05, 0) is 56.0 Å². The molecule has 4 nitrogen and oxygen atoms in total. The zero-order chi connectivity index (χ0) is 18.7. The van der Waals surface area contributed by atoms with E-state index in [0.29, 0.717) is 23.7 Å². The Morgan fingerprint density at radius 1 is 1.15 bits per heavy atom. The molecule has 1 amide bonds. The van der Waals surface area contributed by atoms with Crippen LogP contribution in [0.3, 0.4) is 0 Å². The minimum Gasteiger partial charge on any atom is -0.381 e. The third-order valence-electron chi connectivity index (χ3n) is 6.93. The summed E-state index contributed by atoms with van der Waals surface area (Å²) in [7, 11) is 2.24. The second-order valence-corrected chi connectivity index (χ2v) is 9.10. The van der Waals surface area contributed by atoms with Crippen LogP contribution in [0.1, 0.15) is 37.7 Å². The molecule has 0 bridgehead atoms. The molecule has 1 spiro atoms. The number of amides is 1. The minimum absolute atomic E-state index is 0.321. The lowest BCUT2D eigenvalue weighted by atomic mass is 9.71. The number of hydrogen-bond acceptors (Lipinski definition) is 3. The van der Waals surface area contributed by atoms with Crippen LogP contribution in [0.2, 0.25) is 0 Å². The molecule has 27 heavy (non-hydrogen) atoms. The van der Waals surface area contributed by atoms with E-state index in [1.165, 1.54) is 18.4 Å². The van der Waals surface area contributed by atoms with Gasteiger partial charge >= 0.3 is 0 Å². The van der Waals surface area contributed by atoms with Gasteiger partial charge in [-0.25, -0.2) is 0 Å². The molecular weight excluding hydrogens is 336 g/mol. The zero-order valence-electron chi connectivity index (χ0n) is 16.7. The van der Waals surface area contributed by atoms with Crippen LogP contribution in [0.25, 0.3) is 0 Å². The van der Waals surface area contributed by atoms with E-state index in [1.807, 2.05) is 18.2 Å². The highest BCUT2D eigenvalue weighted by Crippen LogP contribution is 2.44. The average Bonchev–Trinajstić information content (AvgIpc) is 3.46. The standard InChI is InChI=1S/C23H34N2O2/c1-24-15-21(17-27-16-20-7-8-20)23(18-24)11-13-25(14-12-23)22(26)10-9-19-5-3-2-4-6-19/h2-6,20-21H,7-18H2,1H3. The van der Waals surface area contributed by atoms with Crippen LogP contribution in [0, 0.1) is 17.3 Å². The first-order valence-corrected chi connectivity index (χ1v) is 10.7. The second-order valence-electron chi connectivity index (χ2n) is 9.10. The van der Waals surface area contributed by atoms with E-state index in [1.54, 1.807) is 0 Å². The van der Waals surface area contributed by atoms with E-state index in [2.05, 4.69) is 29.0 Å². The number of benzene rings is 1. The maximum Gasteiger partial charge on any atom is 0.222 e. The first-order chi connectivity index (χ1) is 13.1. The van der Waals surface area contributed by atoms with Gasteiger partial charge in [0.1, 0.15) is 0 Å². The van der Waals surface area contributed by atoms with Crippen molar-refractivity contribution in [2.45, 2.75) is 38.5 Å². The monoisotopic (exact) mass is 370 g/mol. The average molecular weight is 371 g/mol. The van der Waals surface area contributed by atoms with Gasteiger partial charge in [0.15, 0.2) is 0 Å². The van der Waals surface area contributed by atoms with Crippen LogP contribution < -0.4 is 0 Å². The van der Waals surface area contributed by atoms with Crippen LogP contribution in [-0.4, -0.2) is 62.1 Å². The third-order valence-corrected chi connectivity index (χ3v) is 6.93. The zero-order valence-corrected chi connectivity index (χ0v) is 16.7. The predicted molar refractivity (Wildman–Crippen MR) is 108 cm³/mol. The molecule has 148 valence electrons. The van der Waals surface area contributed by atoms with Crippen LogP contribution in [0.4, 0.5) is 0 Å². The Bertz CT molecular complexity index is 621. The van der Waals surface area contributed by atoms with E-state index in [9.17, 15) is 4.79 Å². The van der Waals surface area contributed by atoms with Gasteiger partial charge < -0.3 is 14.5 Å². The van der Waals surface area contributed by atoms with Crippen molar-refractivity contribution in [1.82, 2.24) is 9.80 Å². The molecule has 4 rings (SSSR count). The summed E-state index contributed by atoms with van der Waals surface area (Å²) in [6.07, 6.45) is 6.45. The molecule has 2 heterocycles. The van der Waals surface area contributed by atoms with Crippen molar-refractivity contribution in [1.29, 1.82) is 0 Å². The number of hydrogen-bond donors (Lipinski definition) is 0. The lowest BCUT2D eigenvalue weighted by molar-refractivity contribution is -0.134. The summed E-state index contributed by atoms with van der Waals surface area (Å²) in [6.45, 7) is 6.01. The molecule has 4 heteroatoms. The van der Waals surface area contributed by atoms with Gasteiger partial charge in [0.2, 0.25) is 5.91 Å². The number of ether oxygens (including phenoxy) is 1. The summed E-state index contributed by atoms with van der Waals surface area (Å²) < 4.78 is 6.07. The fourth-order valence-electron chi connectivity index (χ4n) is 5.01. The second kappa shape index (κ2) is 8.32. The number of rotatable bonds is 7. The Labute approximate surface area is 163 Å². The van der Waals surface area contributed by atoms with E-state index in [0.717, 1.165) is 64.6 Å². The Kier molecular flexibility index (Phi) is 5.84. The smallest absolute Gasteiger partial charge is 0.222 e. The van der Waals surface area contributed by atoms with E-state index >= 15 is 0 Å². The molecule has 0 aromatic heterocycles. The molecule has 3 aliphatic rings. The van der Waals surface area contributed by atoms with Gasteiger partial charge in [-0.3, -0.25) is 4.79 Å². The maximum atomic E-state index is 12.7. The van der Waals surface area contributed by atoms with Crippen LogP contribution in [0.15, 0.2) is 30.3 Å². The van der Waals surface area contributed by atoms with Gasteiger partial charge in [-0.1, -0.05) is 30.3 Å². The van der Waals surface area contributed by atoms with Gasteiger partial charge in [0, 0.05) is 45.1 Å². The normalized spacial score (nSPS) is 25.2. The number of carbonyl (C=O) groups is 1. The van der Waals surface area contributed by atoms with Gasteiger partial charge in [0.25, 0.3) is 0 Å². The summed E-state index contributed by atoms with van der Waals surface area (Å²) in [5.41, 5.74) is 1.61. The molecular formula is C23H34N2O2. The SMILES string of the molecule is CN1CC(COCC2CC2)C2(CCN(C(=O)CCc3ccccc3)CC2)C1. The summed E-state index contributed by atoms with van der Waals surface area (Å²) in [6, 6.07) is 10.3. The Morgan fingerprint density at radius 3 is 2.59 bits per heavy atom. The van der Waals surface area contributed by atoms with Crippen molar-refractivity contribution in [3.8, 4) is 0 Å². The summed E-state index contributed by atoms with van der Waals surface area (Å²) in [5.74, 6) is 1.79. The van der Waals surface area contributed by atoms with Crippen molar-refractivity contribution < 1.29 is 9.53 Å². The quantitative estimate of drug-likeness (QED) is 0.739. The van der Waals surface area contributed by atoms with Crippen molar-refractivity contribution in [2.75, 3.05) is 46.4 Å².